The molecule has 7 heteroatoms. The van der Waals surface area contributed by atoms with Crippen molar-refractivity contribution in [2.75, 3.05) is 5.32 Å². The quantitative estimate of drug-likeness (QED) is 0.805. The van der Waals surface area contributed by atoms with Gasteiger partial charge in [-0.1, -0.05) is 0 Å². The van der Waals surface area contributed by atoms with Crippen LogP contribution in [0.15, 0.2) is 30.9 Å². The van der Waals surface area contributed by atoms with Gasteiger partial charge in [-0.3, -0.25) is 4.79 Å². The molecular formula is C11H11FN4O2. The second-order valence-corrected chi connectivity index (χ2v) is 3.71. The average molecular weight is 250 g/mol. The lowest BCUT2D eigenvalue weighted by Crippen LogP contribution is -2.24. The number of aromatic hydroxyl groups is 1. The topological polar surface area (TPSA) is 80.0 Å². The third kappa shape index (κ3) is 2.45. The van der Waals surface area contributed by atoms with Crippen molar-refractivity contribution in [2.45, 2.75) is 13.0 Å². The Morgan fingerprint density at radius 3 is 2.94 bits per heavy atom. The number of carbonyl (C=O) groups excluding carboxylic acids is 1. The number of hydrogen-bond donors (Lipinski definition) is 2. The normalized spacial score (nSPS) is 12.1. The number of anilines is 1. The van der Waals surface area contributed by atoms with Gasteiger partial charge >= 0.3 is 0 Å². The van der Waals surface area contributed by atoms with E-state index in [4.69, 9.17) is 5.11 Å². The molecule has 1 aromatic heterocycles. The molecule has 0 bridgehead atoms. The molecule has 0 aliphatic heterocycles. The smallest absolute Gasteiger partial charge is 0.249 e. The summed E-state index contributed by atoms with van der Waals surface area (Å²) in [4.78, 5) is 15.6. The summed E-state index contributed by atoms with van der Waals surface area (Å²) in [6.45, 7) is 1.64. The highest BCUT2D eigenvalue weighted by atomic mass is 19.1. The predicted octanol–water partition coefficient (Wildman–Crippen LogP) is 1.32. The van der Waals surface area contributed by atoms with Crippen molar-refractivity contribution in [3.05, 3.63) is 36.7 Å². The van der Waals surface area contributed by atoms with E-state index in [1.165, 1.54) is 29.5 Å². The molecule has 18 heavy (non-hydrogen) atoms. The Bertz CT molecular complexity index is 556. The standard InChI is InChI=1S/C11H11FN4O2/c1-7(16-6-13-5-14-16)11(18)15-8-2-3-10(17)9(12)4-8/h2-7,17H,1H3,(H,15,18). The van der Waals surface area contributed by atoms with Crippen molar-refractivity contribution < 1.29 is 14.3 Å². The molecule has 0 aliphatic carbocycles. The van der Waals surface area contributed by atoms with E-state index in [9.17, 15) is 9.18 Å². The van der Waals surface area contributed by atoms with Crippen LogP contribution in [0.4, 0.5) is 10.1 Å². The lowest BCUT2D eigenvalue weighted by Gasteiger charge is -2.12. The number of amides is 1. The molecule has 2 N–H and O–H groups in total. The van der Waals surface area contributed by atoms with E-state index < -0.39 is 17.6 Å². The van der Waals surface area contributed by atoms with Crippen LogP contribution in [0.2, 0.25) is 0 Å². The van der Waals surface area contributed by atoms with Gasteiger partial charge in [-0.25, -0.2) is 14.1 Å². The molecule has 0 radical (unpaired) electrons. The Balaban J connectivity index is 2.09. The summed E-state index contributed by atoms with van der Waals surface area (Å²) >= 11 is 0. The molecule has 1 aromatic carbocycles. The van der Waals surface area contributed by atoms with Gasteiger partial charge in [0.1, 0.15) is 18.7 Å². The first-order chi connectivity index (χ1) is 8.58. The highest BCUT2D eigenvalue weighted by Gasteiger charge is 2.15. The first-order valence-corrected chi connectivity index (χ1v) is 5.21. The van der Waals surface area contributed by atoms with Crippen LogP contribution in [0.3, 0.4) is 0 Å². The van der Waals surface area contributed by atoms with E-state index in [2.05, 4.69) is 15.4 Å². The van der Waals surface area contributed by atoms with Gasteiger partial charge in [0.2, 0.25) is 5.91 Å². The SMILES string of the molecule is CC(C(=O)Nc1ccc(O)c(F)c1)n1cncn1. The summed E-state index contributed by atoms with van der Waals surface area (Å²) in [6.07, 6.45) is 2.74. The zero-order valence-electron chi connectivity index (χ0n) is 9.54. The van der Waals surface area contributed by atoms with Gasteiger partial charge in [0.25, 0.3) is 0 Å². The van der Waals surface area contributed by atoms with Crippen LogP contribution < -0.4 is 5.32 Å². The Morgan fingerprint density at radius 2 is 2.33 bits per heavy atom. The Labute approximate surface area is 102 Å². The molecule has 1 amide bonds. The molecular weight excluding hydrogens is 239 g/mol. The molecule has 0 aliphatic rings. The minimum atomic E-state index is -0.791. The van der Waals surface area contributed by atoms with Crippen molar-refractivity contribution in [3.63, 3.8) is 0 Å². The van der Waals surface area contributed by atoms with Crippen LogP contribution in [0.25, 0.3) is 0 Å². The largest absolute Gasteiger partial charge is 0.505 e. The molecule has 1 unspecified atom stereocenters. The number of phenols is 1. The lowest BCUT2D eigenvalue weighted by atomic mass is 10.2. The highest BCUT2D eigenvalue weighted by molar-refractivity contribution is 5.93. The fourth-order valence-corrected chi connectivity index (χ4v) is 1.37. The predicted molar refractivity (Wildman–Crippen MR) is 61.4 cm³/mol. The molecule has 1 atom stereocenters. The lowest BCUT2D eigenvalue weighted by molar-refractivity contribution is -0.119. The van der Waals surface area contributed by atoms with Crippen LogP contribution in [0, 0.1) is 5.82 Å². The second kappa shape index (κ2) is 4.82. The number of rotatable bonds is 3. The summed E-state index contributed by atoms with van der Waals surface area (Å²) < 4.78 is 14.5. The van der Waals surface area contributed by atoms with Gasteiger partial charge < -0.3 is 10.4 Å². The first kappa shape index (κ1) is 12.0. The Kier molecular flexibility index (Phi) is 3.22. The van der Waals surface area contributed by atoms with Crippen molar-refractivity contribution in [1.29, 1.82) is 0 Å². The second-order valence-electron chi connectivity index (χ2n) is 3.71. The molecule has 1 heterocycles. The molecule has 6 nitrogen and oxygen atoms in total. The van der Waals surface area contributed by atoms with Gasteiger partial charge in [-0.2, -0.15) is 5.10 Å². The van der Waals surface area contributed by atoms with Crippen LogP contribution in [0.5, 0.6) is 5.75 Å². The molecule has 2 rings (SSSR count). The van der Waals surface area contributed by atoms with E-state index in [0.717, 1.165) is 6.07 Å². The van der Waals surface area contributed by atoms with E-state index in [1.807, 2.05) is 0 Å². The molecule has 0 fully saturated rings. The third-order valence-electron chi connectivity index (χ3n) is 2.43. The average Bonchev–Trinajstić information content (AvgIpc) is 2.86. The number of aromatic nitrogens is 3. The number of hydrogen-bond acceptors (Lipinski definition) is 4. The zero-order valence-corrected chi connectivity index (χ0v) is 9.54. The molecule has 0 spiro atoms. The van der Waals surface area contributed by atoms with Crippen LogP contribution in [0.1, 0.15) is 13.0 Å². The van der Waals surface area contributed by atoms with Gasteiger partial charge in [-0.05, 0) is 19.1 Å². The van der Waals surface area contributed by atoms with E-state index >= 15 is 0 Å². The fraction of sp³-hybridized carbons (Fsp3) is 0.182. The molecule has 94 valence electrons. The van der Waals surface area contributed by atoms with Crippen LogP contribution >= 0.6 is 0 Å². The number of halogens is 1. The van der Waals surface area contributed by atoms with Crippen molar-refractivity contribution in [2.24, 2.45) is 0 Å². The minimum Gasteiger partial charge on any atom is -0.505 e. The minimum absolute atomic E-state index is 0.266. The monoisotopic (exact) mass is 250 g/mol. The third-order valence-corrected chi connectivity index (χ3v) is 2.43. The van der Waals surface area contributed by atoms with Crippen molar-refractivity contribution >= 4 is 11.6 Å². The maximum absolute atomic E-state index is 13.1. The molecule has 0 saturated carbocycles. The maximum Gasteiger partial charge on any atom is 0.249 e. The highest BCUT2D eigenvalue weighted by Crippen LogP contribution is 2.20. The summed E-state index contributed by atoms with van der Waals surface area (Å²) in [5, 5.41) is 15.4. The van der Waals surface area contributed by atoms with Crippen LogP contribution in [-0.4, -0.2) is 25.8 Å². The molecule has 2 aromatic rings. The van der Waals surface area contributed by atoms with Gasteiger partial charge in [0.15, 0.2) is 11.6 Å². The number of nitrogens with zero attached hydrogens (tertiary/aromatic N) is 3. The fourth-order valence-electron chi connectivity index (χ4n) is 1.37. The van der Waals surface area contributed by atoms with E-state index in [0.29, 0.717) is 0 Å². The summed E-state index contributed by atoms with van der Waals surface area (Å²) in [7, 11) is 0. The zero-order chi connectivity index (χ0) is 13.1. The van der Waals surface area contributed by atoms with E-state index in [-0.39, 0.29) is 11.6 Å². The van der Waals surface area contributed by atoms with Crippen molar-refractivity contribution in [3.8, 4) is 5.75 Å². The number of phenolic OH excluding ortho intramolecular Hbond substituents is 1. The van der Waals surface area contributed by atoms with E-state index in [1.54, 1.807) is 6.92 Å². The number of carbonyl (C=O) groups is 1. The number of nitrogens with one attached hydrogen (secondary N) is 1. The first-order valence-electron chi connectivity index (χ1n) is 5.21. The number of benzene rings is 1. The van der Waals surface area contributed by atoms with Crippen molar-refractivity contribution in [1.82, 2.24) is 14.8 Å². The van der Waals surface area contributed by atoms with Gasteiger partial charge in [0, 0.05) is 11.8 Å². The van der Waals surface area contributed by atoms with Gasteiger partial charge in [-0.15, -0.1) is 0 Å². The Morgan fingerprint density at radius 1 is 1.56 bits per heavy atom. The summed E-state index contributed by atoms with van der Waals surface area (Å²) in [5.74, 6) is -1.61. The molecule has 0 saturated heterocycles. The van der Waals surface area contributed by atoms with Gasteiger partial charge in [0.05, 0.1) is 0 Å². The summed E-state index contributed by atoms with van der Waals surface area (Å²) in [6, 6.07) is 3.06. The van der Waals surface area contributed by atoms with Crippen LogP contribution in [-0.2, 0) is 4.79 Å². The maximum atomic E-state index is 13.1. The summed E-state index contributed by atoms with van der Waals surface area (Å²) in [5.41, 5.74) is 0.266. The Hall–Kier alpha value is -2.44.